The lowest BCUT2D eigenvalue weighted by molar-refractivity contribution is 0.311. The van der Waals surface area contributed by atoms with E-state index >= 15 is 0 Å². The predicted molar refractivity (Wildman–Crippen MR) is 115 cm³/mol. The first-order chi connectivity index (χ1) is 14.8. The van der Waals surface area contributed by atoms with E-state index in [1.165, 1.54) is 0 Å². The van der Waals surface area contributed by atoms with Crippen molar-refractivity contribution in [1.82, 2.24) is 35.4 Å². The van der Waals surface area contributed by atoms with Crippen LogP contribution in [0.4, 0.5) is 0 Å². The van der Waals surface area contributed by atoms with Gasteiger partial charge in [0.1, 0.15) is 0 Å². The highest BCUT2D eigenvalue weighted by atomic mass is 16.5. The largest absolute Gasteiger partial charge is 0.463 e. The van der Waals surface area contributed by atoms with Crippen molar-refractivity contribution in [1.29, 1.82) is 0 Å². The van der Waals surface area contributed by atoms with E-state index < -0.39 is 0 Å². The maximum Gasteiger partial charge on any atom is 0.335 e. The molecule has 0 fully saturated rings. The van der Waals surface area contributed by atoms with Crippen LogP contribution in [0.15, 0.2) is 54.6 Å². The molecule has 2 heterocycles. The van der Waals surface area contributed by atoms with Crippen molar-refractivity contribution in [2.75, 3.05) is 6.61 Å². The Bertz CT molecular complexity index is 1110. The van der Waals surface area contributed by atoms with Crippen LogP contribution in [0, 0.1) is 0 Å². The Morgan fingerprint density at radius 3 is 2.53 bits per heavy atom. The second-order valence-electron chi connectivity index (χ2n) is 6.65. The van der Waals surface area contributed by atoms with E-state index in [0.717, 1.165) is 34.5 Å². The number of hydrogen-bond acceptors (Lipinski definition) is 6. The molecule has 0 aliphatic carbocycles. The summed E-state index contributed by atoms with van der Waals surface area (Å²) in [6.45, 7) is 5.16. The third kappa shape index (κ3) is 4.27. The first-order valence-electron chi connectivity index (χ1n) is 9.95. The van der Waals surface area contributed by atoms with E-state index in [-0.39, 0.29) is 0 Å². The minimum Gasteiger partial charge on any atom is -0.463 e. The number of H-pyrrole nitrogens is 1. The van der Waals surface area contributed by atoms with Gasteiger partial charge < -0.3 is 4.74 Å². The van der Waals surface area contributed by atoms with Crippen molar-refractivity contribution in [3.05, 3.63) is 66.0 Å². The number of tetrazole rings is 1. The molecule has 0 saturated heterocycles. The van der Waals surface area contributed by atoms with E-state index in [1.807, 2.05) is 35.9 Å². The molecule has 0 aliphatic rings. The quantitative estimate of drug-likeness (QED) is 0.480. The van der Waals surface area contributed by atoms with Gasteiger partial charge in [-0.3, -0.25) is 0 Å². The molecule has 4 rings (SSSR count). The van der Waals surface area contributed by atoms with Gasteiger partial charge in [-0.2, -0.15) is 4.98 Å². The number of hydrogen-bond donors (Lipinski definition) is 1. The van der Waals surface area contributed by atoms with Crippen LogP contribution >= 0.6 is 0 Å². The van der Waals surface area contributed by atoms with Gasteiger partial charge in [-0.25, -0.2) is 9.78 Å². The lowest BCUT2D eigenvalue weighted by Crippen LogP contribution is -2.04. The van der Waals surface area contributed by atoms with Gasteiger partial charge in [0.05, 0.1) is 13.2 Å². The fourth-order valence-corrected chi connectivity index (χ4v) is 3.16. The number of benzene rings is 2. The minimum atomic E-state index is 0.402. The van der Waals surface area contributed by atoms with E-state index in [1.54, 1.807) is 0 Å². The molecule has 0 atom stereocenters. The van der Waals surface area contributed by atoms with Gasteiger partial charge in [-0.15, -0.1) is 10.2 Å². The van der Waals surface area contributed by atoms with Gasteiger partial charge in [-0.1, -0.05) is 61.5 Å². The maximum absolute atomic E-state index is 5.47. The first kappa shape index (κ1) is 19.5. The van der Waals surface area contributed by atoms with Crippen LogP contribution in [0.25, 0.3) is 28.6 Å². The summed E-state index contributed by atoms with van der Waals surface area (Å²) in [6.07, 6.45) is 4.98. The number of rotatable bonds is 8. The molecular formula is C22H23N7O. The van der Waals surface area contributed by atoms with Crippen LogP contribution in [0.1, 0.15) is 31.7 Å². The molecule has 152 valence electrons. The predicted octanol–water partition coefficient (Wildman–Crippen LogP) is 4.00. The van der Waals surface area contributed by atoms with Crippen LogP contribution in [0.5, 0.6) is 6.01 Å². The van der Waals surface area contributed by atoms with Crippen LogP contribution in [0.3, 0.4) is 0 Å². The van der Waals surface area contributed by atoms with E-state index in [4.69, 9.17) is 4.74 Å². The van der Waals surface area contributed by atoms with Gasteiger partial charge >= 0.3 is 6.01 Å². The summed E-state index contributed by atoms with van der Waals surface area (Å²) >= 11 is 0. The Balaban J connectivity index is 1.59. The molecule has 0 saturated carbocycles. The topological polar surface area (TPSA) is 94.4 Å². The molecule has 1 N–H and O–H groups in total. The standard InChI is InChI=1S/C22H23N7O/c1-3-5-10-20-23-22(30-4-2)26-29(20)15-16-11-13-17(14-12-16)18-8-6-7-9-19(18)21-24-27-28-25-21/h5-14H,3-4,15H2,1-2H3,(H,24,25,27,28). The highest BCUT2D eigenvalue weighted by molar-refractivity contribution is 5.80. The fraction of sp³-hybridized carbons (Fsp3) is 0.227. The molecule has 8 heteroatoms. The zero-order valence-corrected chi connectivity index (χ0v) is 17.0. The van der Waals surface area contributed by atoms with Gasteiger partial charge in [0.25, 0.3) is 0 Å². The van der Waals surface area contributed by atoms with Crippen molar-refractivity contribution in [3.8, 4) is 28.5 Å². The SMILES string of the molecule is CCC=Cc1nc(OCC)nn1Cc1ccc(-c2ccccc2-c2nnn[nH]2)cc1. The normalized spacial score (nSPS) is 11.3. The molecule has 30 heavy (non-hydrogen) atoms. The van der Waals surface area contributed by atoms with Crippen molar-refractivity contribution >= 4 is 6.08 Å². The third-order valence-corrected chi connectivity index (χ3v) is 4.58. The Labute approximate surface area is 174 Å². The summed E-state index contributed by atoms with van der Waals surface area (Å²) in [5, 5.41) is 18.7. The number of aromatic amines is 1. The fourth-order valence-electron chi connectivity index (χ4n) is 3.16. The lowest BCUT2D eigenvalue weighted by atomic mass is 9.98. The first-order valence-corrected chi connectivity index (χ1v) is 9.95. The second-order valence-corrected chi connectivity index (χ2v) is 6.65. The molecule has 8 nitrogen and oxygen atoms in total. The van der Waals surface area contributed by atoms with Crippen molar-refractivity contribution in [3.63, 3.8) is 0 Å². The third-order valence-electron chi connectivity index (χ3n) is 4.58. The number of aromatic nitrogens is 7. The summed E-state index contributed by atoms with van der Waals surface area (Å²) in [5.41, 5.74) is 4.23. The van der Waals surface area contributed by atoms with Crippen LogP contribution in [-0.2, 0) is 6.54 Å². The maximum atomic E-state index is 5.47. The van der Waals surface area contributed by atoms with Crippen molar-refractivity contribution in [2.24, 2.45) is 0 Å². The lowest BCUT2D eigenvalue weighted by Gasteiger charge is -2.09. The zero-order chi connectivity index (χ0) is 20.8. The Hall–Kier alpha value is -3.81. The van der Waals surface area contributed by atoms with Gasteiger partial charge in [0.15, 0.2) is 11.6 Å². The summed E-state index contributed by atoms with van der Waals surface area (Å²) in [4.78, 5) is 4.46. The van der Waals surface area contributed by atoms with E-state index in [0.29, 0.717) is 25.0 Å². The zero-order valence-electron chi connectivity index (χ0n) is 17.0. The number of nitrogens with zero attached hydrogens (tertiary/aromatic N) is 6. The summed E-state index contributed by atoms with van der Waals surface area (Å²) in [5.74, 6) is 1.43. The summed E-state index contributed by atoms with van der Waals surface area (Å²) in [7, 11) is 0. The Kier molecular flexibility index (Phi) is 5.93. The summed E-state index contributed by atoms with van der Waals surface area (Å²) < 4.78 is 7.34. The smallest absolute Gasteiger partial charge is 0.335 e. The molecule has 4 aromatic rings. The molecule has 0 radical (unpaired) electrons. The molecule has 0 spiro atoms. The average Bonchev–Trinajstić information content (AvgIpc) is 3.44. The van der Waals surface area contributed by atoms with Gasteiger partial charge in [0, 0.05) is 5.56 Å². The van der Waals surface area contributed by atoms with E-state index in [9.17, 15) is 0 Å². The summed E-state index contributed by atoms with van der Waals surface area (Å²) in [6, 6.07) is 16.8. The highest BCUT2D eigenvalue weighted by Gasteiger charge is 2.11. The molecule has 0 amide bonds. The molecule has 2 aromatic carbocycles. The number of ether oxygens (including phenoxy) is 1. The van der Waals surface area contributed by atoms with Crippen LogP contribution in [0.2, 0.25) is 0 Å². The van der Waals surface area contributed by atoms with Gasteiger partial charge in [0.2, 0.25) is 0 Å². The second kappa shape index (κ2) is 9.13. The monoisotopic (exact) mass is 401 g/mol. The molecular weight excluding hydrogens is 378 g/mol. The number of nitrogens with one attached hydrogen (secondary N) is 1. The molecule has 0 unspecified atom stereocenters. The Morgan fingerprint density at radius 1 is 1.03 bits per heavy atom. The minimum absolute atomic E-state index is 0.402. The van der Waals surface area contributed by atoms with Crippen LogP contribution < -0.4 is 4.74 Å². The van der Waals surface area contributed by atoms with Crippen molar-refractivity contribution in [2.45, 2.75) is 26.8 Å². The molecule has 0 bridgehead atoms. The highest BCUT2D eigenvalue weighted by Crippen LogP contribution is 2.29. The van der Waals surface area contributed by atoms with Gasteiger partial charge in [-0.05, 0) is 46.5 Å². The van der Waals surface area contributed by atoms with Crippen molar-refractivity contribution < 1.29 is 4.74 Å². The number of allylic oxidation sites excluding steroid dienone is 1. The molecule has 2 aromatic heterocycles. The Morgan fingerprint density at radius 2 is 1.83 bits per heavy atom. The molecule has 0 aliphatic heterocycles. The van der Waals surface area contributed by atoms with Crippen LogP contribution in [-0.4, -0.2) is 42.0 Å². The van der Waals surface area contributed by atoms with E-state index in [2.05, 4.69) is 74.0 Å². The average molecular weight is 401 g/mol.